The molecule has 0 amide bonds. The number of hydrogen-bond donors (Lipinski definition) is 0. The fourth-order valence-electron chi connectivity index (χ4n) is 3.01. The largest absolute Gasteiger partial charge is 0.288 e. The molecule has 0 aliphatic carbocycles. The maximum atomic E-state index is 13.1. The Bertz CT molecular complexity index is 1180. The second-order valence-electron chi connectivity index (χ2n) is 6.22. The molecule has 3 aromatic carbocycles. The van der Waals surface area contributed by atoms with Crippen molar-refractivity contribution in [2.24, 2.45) is 0 Å². The van der Waals surface area contributed by atoms with Crippen LogP contribution in [-0.2, 0) is 6.54 Å². The summed E-state index contributed by atoms with van der Waals surface area (Å²) in [6, 6.07) is 24.9. The third kappa shape index (κ3) is 3.69. The molecule has 0 radical (unpaired) electrons. The molecule has 0 N–H and O–H groups in total. The van der Waals surface area contributed by atoms with E-state index in [4.69, 9.17) is 16.6 Å². The predicted octanol–water partition coefficient (Wildman–Crippen LogP) is 5.27. The summed E-state index contributed by atoms with van der Waals surface area (Å²) in [6.45, 7) is 0.458. The Kier molecular flexibility index (Phi) is 4.86. The number of hydrogen-bond acceptors (Lipinski definition) is 2. The Morgan fingerprint density at radius 3 is 2.37 bits per heavy atom. The first-order valence-corrected chi connectivity index (χ1v) is 9.06. The van der Waals surface area contributed by atoms with Gasteiger partial charge in [0.2, 0.25) is 0 Å². The van der Waals surface area contributed by atoms with Crippen LogP contribution in [0.5, 0.6) is 0 Å². The average Bonchev–Trinajstić information content (AvgIpc) is 2.71. The second kappa shape index (κ2) is 7.60. The highest BCUT2D eigenvalue weighted by Gasteiger charge is 2.09. The van der Waals surface area contributed by atoms with Crippen LogP contribution in [-0.4, -0.2) is 9.55 Å². The van der Waals surface area contributed by atoms with Gasteiger partial charge in [-0.3, -0.25) is 9.36 Å². The Morgan fingerprint density at radius 1 is 0.852 bits per heavy atom. The number of para-hydroxylation sites is 1. The summed E-state index contributed by atoms with van der Waals surface area (Å²) in [7, 11) is 0. The summed E-state index contributed by atoms with van der Waals surface area (Å²) < 4.78 is 1.70. The molecule has 0 spiro atoms. The molecule has 4 rings (SSSR count). The number of rotatable bonds is 4. The molecular weight excluding hydrogens is 356 g/mol. The van der Waals surface area contributed by atoms with Crippen molar-refractivity contribution in [3.8, 4) is 0 Å². The van der Waals surface area contributed by atoms with Gasteiger partial charge < -0.3 is 0 Å². The summed E-state index contributed by atoms with van der Waals surface area (Å²) in [5.41, 5.74) is 2.56. The van der Waals surface area contributed by atoms with Crippen molar-refractivity contribution in [2.45, 2.75) is 6.54 Å². The Morgan fingerprint density at radius 2 is 1.56 bits per heavy atom. The molecule has 4 heteroatoms. The molecule has 0 unspecified atom stereocenters. The molecule has 0 aliphatic rings. The second-order valence-corrected chi connectivity index (χ2v) is 6.63. The first-order chi connectivity index (χ1) is 13.2. The zero-order valence-electron chi connectivity index (χ0n) is 14.5. The quantitative estimate of drug-likeness (QED) is 0.489. The van der Waals surface area contributed by atoms with E-state index in [1.54, 1.807) is 4.57 Å². The molecule has 3 nitrogen and oxygen atoms in total. The maximum Gasteiger partial charge on any atom is 0.261 e. The van der Waals surface area contributed by atoms with Crippen molar-refractivity contribution >= 4 is 34.7 Å². The van der Waals surface area contributed by atoms with Crippen molar-refractivity contribution in [3.63, 3.8) is 0 Å². The third-order valence-electron chi connectivity index (χ3n) is 4.39. The molecule has 4 aromatic rings. The van der Waals surface area contributed by atoms with Crippen molar-refractivity contribution in [3.05, 3.63) is 111 Å². The Balaban J connectivity index is 1.86. The summed E-state index contributed by atoms with van der Waals surface area (Å²) in [6.07, 6.45) is 3.73. The average molecular weight is 373 g/mol. The van der Waals surface area contributed by atoms with Crippen LogP contribution in [0.2, 0.25) is 5.02 Å². The summed E-state index contributed by atoms with van der Waals surface area (Å²) >= 11 is 6.25. The zero-order valence-corrected chi connectivity index (χ0v) is 15.3. The fourth-order valence-corrected chi connectivity index (χ4v) is 3.20. The topological polar surface area (TPSA) is 34.9 Å². The van der Waals surface area contributed by atoms with E-state index in [0.29, 0.717) is 28.3 Å². The van der Waals surface area contributed by atoms with Crippen LogP contribution < -0.4 is 5.56 Å². The van der Waals surface area contributed by atoms with Crippen LogP contribution in [0.15, 0.2) is 83.7 Å². The summed E-state index contributed by atoms with van der Waals surface area (Å²) in [5, 5.41) is 1.27. The molecule has 0 atom stereocenters. The number of halogens is 1. The predicted molar refractivity (Wildman–Crippen MR) is 112 cm³/mol. The molecule has 0 saturated carbocycles. The number of aromatic nitrogens is 2. The van der Waals surface area contributed by atoms with E-state index in [9.17, 15) is 4.79 Å². The minimum absolute atomic E-state index is 0.0525. The smallest absolute Gasteiger partial charge is 0.261 e. The van der Waals surface area contributed by atoms with Crippen molar-refractivity contribution in [1.82, 2.24) is 9.55 Å². The SMILES string of the molecule is O=c1c2ccccc2nc(/C=C/c2ccccc2Cl)n1Cc1ccccc1. The lowest BCUT2D eigenvalue weighted by Crippen LogP contribution is -2.24. The molecule has 27 heavy (non-hydrogen) atoms. The molecule has 0 fully saturated rings. The minimum atomic E-state index is -0.0525. The number of fused-ring (bicyclic) bond motifs is 1. The summed E-state index contributed by atoms with van der Waals surface area (Å²) in [5.74, 6) is 0.600. The van der Waals surface area contributed by atoms with Gasteiger partial charge in [0.1, 0.15) is 5.82 Å². The Hall–Kier alpha value is -3.17. The van der Waals surface area contributed by atoms with Gasteiger partial charge in [-0.05, 0) is 41.5 Å². The lowest BCUT2D eigenvalue weighted by molar-refractivity contribution is 0.738. The van der Waals surface area contributed by atoms with E-state index in [-0.39, 0.29) is 5.56 Å². The molecule has 0 aliphatic heterocycles. The molecule has 0 bridgehead atoms. The highest BCUT2D eigenvalue weighted by Crippen LogP contribution is 2.18. The van der Waals surface area contributed by atoms with Gasteiger partial charge in [0.25, 0.3) is 5.56 Å². The van der Waals surface area contributed by atoms with Gasteiger partial charge in [0.15, 0.2) is 0 Å². The van der Waals surface area contributed by atoms with E-state index in [1.807, 2.05) is 91.0 Å². The van der Waals surface area contributed by atoms with Crippen LogP contribution in [0.4, 0.5) is 0 Å². The minimum Gasteiger partial charge on any atom is -0.288 e. The highest BCUT2D eigenvalue weighted by molar-refractivity contribution is 6.32. The molecule has 1 heterocycles. The van der Waals surface area contributed by atoms with Crippen LogP contribution in [0, 0.1) is 0 Å². The molecule has 1 aromatic heterocycles. The fraction of sp³-hybridized carbons (Fsp3) is 0.0435. The van der Waals surface area contributed by atoms with E-state index < -0.39 is 0 Å². The molecular formula is C23H17ClN2O. The van der Waals surface area contributed by atoms with Gasteiger partial charge in [-0.25, -0.2) is 4.98 Å². The monoisotopic (exact) mass is 372 g/mol. The van der Waals surface area contributed by atoms with Crippen LogP contribution >= 0.6 is 11.6 Å². The number of benzene rings is 3. The standard InChI is InChI=1S/C23H17ClN2O/c24-20-12-6-4-10-18(20)14-15-22-25-21-13-7-5-11-19(21)23(27)26(22)16-17-8-2-1-3-9-17/h1-15H,16H2/b15-14+. The van der Waals surface area contributed by atoms with Crippen molar-refractivity contribution < 1.29 is 0 Å². The van der Waals surface area contributed by atoms with Gasteiger partial charge in [-0.2, -0.15) is 0 Å². The van der Waals surface area contributed by atoms with Crippen molar-refractivity contribution in [1.29, 1.82) is 0 Å². The van der Waals surface area contributed by atoms with Crippen LogP contribution in [0.1, 0.15) is 17.0 Å². The van der Waals surface area contributed by atoms with E-state index in [1.165, 1.54) is 0 Å². The van der Waals surface area contributed by atoms with Gasteiger partial charge in [-0.15, -0.1) is 0 Å². The van der Waals surface area contributed by atoms with E-state index in [0.717, 1.165) is 11.1 Å². The van der Waals surface area contributed by atoms with E-state index >= 15 is 0 Å². The van der Waals surface area contributed by atoms with Crippen molar-refractivity contribution in [2.75, 3.05) is 0 Å². The van der Waals surface area contributed by atoms with Gasteiger partial charge in [0, 0.05) is 5.02 Å². The van der Waals surface area contributed by atoms with Crippen LogP contribution in [0.25, 0.3) is 23.1 Å². The molecule has 132 valence electrons. The first kappa shape index (κ1) is 17.3. The van der Waals surface area contributed by atoms with Gasteiger partial charge >= 0.3 is 0 Å². The van der Waals surface area contributed by atoms with Gasteiger partial charge in [-0.1, -0.05) is 72.3 Å². The lowest BCUT2D eigenvalue weighted by atomic mass is 10.2. The summed E-state index contributed by atoms with van der Waals surface area (Å²) in [4.78, 5) is 17.8. The Labute approximate surface area is 162 Å². The van der Waals surface area contributed by atoms with Crippen LogP contribution in [0.3, 0.4) is 0 Å². The normalized spacial score (nSPS) is 11.3. The zero-order chi connectivity index (χ0) is 18.6. The number of nitrogens with zero attached hydrogens (tertiary/aromatic N) is 2. The van der Waals surface area contributed by atoms with E-state index in [2.05, 4.69) is 0 Å². The molecule has 0 saturated heterocycles. The maximum absolute atomic E-state index is 13.1. The highest BCUT2D eigenvalue weighted by atomic mass is 35.5. The van der Waals surface area contributed by atoms with Gasteiger partial charge in [0.05, 0.1) is 17.4 Å². The third-order valence-corrected chi connectivity index (χ3v) is 4.74. The first-order valence-electron chi connectivity index (χ1n) is 8.68. The lowest BCUT2D eigenvalue weighted by Gasteiger charge is -2.11.